The van der Waals surface area contributed by atoms with Crippen LogP contribution < -0.4 is 0 Å². The molecule has 0 aliphatic carbocycles. The second-order valence-corrected chi connectivity index (χ2v) is 7.80. The van der Waals surface area contributed by atoms with Crippen LogP contribution in [0.25, 0.3) is 11.0 Å². The first-order chi connectivity index (χ1) is 12.0. The van der Waals surface area contributed by atoms with Crippen LogP contribution >= 0.6 is 11.3 Å². The number of rotatable bonds is 2. The molecule has 0 N–H and O–H groups in total. The van der Waals surface area contributed by atoms with E-state index < -0.39 is 0 Å². The molecule has 1 saturated heterocycles. The molecule has 7 heteroatoms. The maximum atomic E-state index is 12.8. The van der Waals surface area contributed by atoms with Gasteiger partial charge in [0.1, 0.15) is 4.88 Å². The maximum absolute atomic E-state index is 12.8. The largest absolute Gasteiger partial charge is 0.338 e. The van der Waals surface area contributed by atoms with E-state index >= 15 is 0 Å². The maximum Gasteiger partial charge on any atom is 0.265 e. The van der Waals surface area contributed by atoms with Crippen LogP contribution in [0.1, 0.15) is 44.8 Å². The van der Waals surface area contributed by atoms with Gasteiger partial charge in [0.2, 0.25) is 0 Å². The van der Waals surface area contributed by atoms with Crippen LogP contribution in [0.15, 0.2) is 18.3 Å². The van der Waals surface area contributed by atoms with Crippen molar-refractivity contribution in [1.82, 2.24) is 24.6 Å². The third-order valence-corrected chi connectivity index (χ3v) is 5.95. The highest BCUT2D eigenvalue weighted by atomic mass is 32.1. The second-order valence-electron chi connectivity index (χ2n) is 6.60. The number of hydrogen-bond acceptors (Lipinski definition) is 5. The third-order valence-electron chi connectivity index (χ3n) is 4.89. The summed E-state index contributed by atoms with van der Waals surface area (Å²) in [5.41, 5.74) is 2.88. The van der Waals surface area contributed by atoms with E-state index in [-0.39, 0.29) is 5.91 Å². The van der Waals surface area contributed by atoms with E-state index in [2.05, 4.69) is 16.0 Å². The van der Waals surface area contributed by atoms with Gasteiger partial charge in [-0.1, -0.05) is 0 Å². The minimum Gasteiger partial charge on any atom is -0.338 e. The molecular formula is C18H21N5OS. The summed E-state index contributed by atoms with van der Waals surface area (Å²) < 4.78 is 1.85. The second kappa shape index (κ2) is 6.22. The Morgan fingerprint density at radius 3 is 2.72 bits per heavy atom. The van der Waals surface area contributed by atoms with Crippen molar-refractivity contribution < 1.29 is 4.79 Å². The van der Waals surface area contributed by atoms with Crippen molar-refractivity contribution in [2.24, 2.45) is 7.05 Å². The fourth-order valence-electron chi connectivity index (χ4n) is 3.65. The molecule has 0 unspecified atom stereocenters. The highest BCUT2D eigenvalue weighted by Crippen LogP contribution is 2.32. The molecule has 4 rings (SSSR count). The Labute approximate surface area is 150 Å². The number of carbonyl (C=O) groups excluding carboxylic acids is 1. The summed E-state index contributed by atoms with van der Waals surface area (Å²) in [6, 6.07) is 4.05. The molecule has 130 valence electrons. The third kappa shape index (κ3) is 2.82. The zero-order valence-corrected chi connectivity index (χ0v) is 15.5. The number of carbonyl (C=O) groups is 1. The summed E-state index contributed by atoms with van der Waals surface area (Å²) in [6.45, 7) is 5.38. The number of fused-ring (bicyclic) bond motifs is 1. The van der Waals surface area contributed by atoms with Crippen molar-refractivity contribution in [3.63, 3.8) is 0 Å². The lowest BCUT2D eigenvalue weighted by Gasteiger charge is -2.31. The number of aromatic nitrogens is 4. The zero-order chi connectivity index (χ0) is 17.6. The molecule has 1 aliphatic heterocycles. The normalized spacial score (nSPS) is 15.9. The van der Waals surface area contributed by atoms with Crippen molar-refractivity contribution >= 4 is 28.3 Å². The molecule has 3 aromatic heterocycles. The first-order valence-electron chi connectivity index (χ1n) is 8.55. The van der Waals surface area contributed by atoms with Gasteiger partial charge in [-0.05, 0) is 38.8 Å². The highest BCUT2D eigenvalue weighted by Gasteiger charge is 2.29. The van der Waals surface area contributed by atoms with Gasteiger partial charge in [0.25, 0.3) is 5.91 Å². The fourth-order valence-corrected chi connectivity index (χ4v) is 4.54. The van der Waals surface area contributed by atoms with E-state index in [1.807, 2.05) is 36.5 Å². The van der Waals surface area contributed by atoms with Crippen LogP contribution in [0, 0.1) is 13.8 Å². The predicted octanol–water partition coefficient (Wildman–Crippen LogP) is 3.06. The minimum atomic E-state index is 0.120. The first kappa shape index (κ1) is 16.2. The highest BCUT2D eigenvalue weighted by molar-refractivity contribution is 7.13. The van der Waals surface area contributed by atoms with Crippen molar-refractivity contribution in [3.05, 3.63) is 39.6 Å². The topological polar surface area (TPSA) is 63.9 Å². The number of thiazole rings is 1. The Morgan fingerprint density at radius 2 is 2.04 bits per heavy atom. The van der Waals surface area contributed by atoms with E-state index in [0.29, 0.717) is 5.92 Å². The van der Waals surface area contributed by atoms with E-state index in [1.54, 1.807) is 6.20 Å². The molecule has 25 heavy (non-hydrogen) atoms. The Morgan fingerprint density at radius 1 is 1.28 bits per heavy atom. The molecule has 0 bridgehead atoms. The molecule has 1 aliphatic rings. The van der Waals surface area contributed by atoms with Gasteiger partial charge in [-0.25, -0.2) is 9.97 Å². The van der Waals surface area contributed by atoms with E-state index in [1.165, 1.54) is 11.3 Å². The summed E-state index contributed by atoms with van der Waals surface area (Å²) in [5.74, 6) is 0.496. The number of nitrogens with zero attached hydrogens (tertiary/aromatic N) is 5. The van der Waals surface area contributed by atoms with E-state index in [0.717, 1.165) is 58.2 Å². The summed E-state index contributed by atoms with van der Waals surface area (Å²) in [6.07, 6.45) is 3.67. The number of aryl methyl sites for hydroxylation is 3. The van der Waals surface area contributed by atoms with Gasteiger partial charge in [-0.2, -0.15) is 5.10 Å². The summed E-state index contributed by atoms with van der Waals surface area (Å²) >= 11 is 1.49. The predicted molar refractivity (Wildman–Crippen MR) is 98.0 cm³/mol. The van der Waals surface area contributed by atoms with Crippen LogP contribution in [0.5, 0.6) is 0 Å². The molecule has 4 heterocycles. The van der Waals surface area contributed by atoms with Gasteiger partial charge < -0.3 is 4.90 Å². The average Bonchev–Trinajstić information content (AvgIpc) is 3.14. The number of pyridine rings is 1. The van der Waals surface area contributed by atoms with Crippen molar-refractivity contribution in [3.8, 4) is 0 Å². The summed E-state index contributed by atoms with van der Waals surface area (Å²) in [4.78, 5) is 24.3. The molecule has 0 radical (unpaired) electrons. The van der Waals surface area contributed by atoms with Crippen LogP contribution in [-0.4, -0.2) is 43.6 Å². The van der Waals surface area contributed by atoms with Gasteiger partial charge in [0.05, 0.1) is 16.4 Å². The number of likely N-dealkylation sites (tertiary alicyclic amines) is 1. The average molecular weight is 355 g/mol. The van der Waals surface area contributed by atoms with E-state index in [4.69, 9.17) is 5.10 Å². The molecule has 0 atom stereocenters. The van der Waals surface area contributed by atoms with Crippen molar-refractivity contribution in [2.45, 2.75) is 32.6 Å². The van der Waals surface area contributed by atoms with Crippen LogP contribution in [0.3, 0.4) is 0 Å². The Bertz CT molecular complexity index is 936. The van der Waals surface area contributed by atoms with Crippen molar-refractivity contribution in [2.75, 3.05) is 13.1 Å². The SMILES string of the molecule is Cc1nc(C)c(C(=O)N2CCC(c3nn(C)c4ncccc34)CC2)s1. The fraction of sp³-hybridized carbons (Fsp3) is 0.444. The Balaban J connectivity index is 1.51. The summed E-state index contributed by atoms with van der Waals surface area (Å²) in [7, 11) is 1.94. The monoisotopic (exact) mass is 355 g/mol. The lowest BCUT2D eigenvalue weighted by molar-refractivity contribution is 0.0716. The quantitative estimate of drug-likeness (QED) is 0.709. The van der Waals surface area contributed by atoms with Crippen LogP contribution in [0.2, 0.25) is 0 Å². The molecule has 3 aromatic rings. The van der Waals surface area contributed by atoms with Crippen LogP contribution in [-0.2, 0) is 7.05 Å². The molecule has 6 nitrogen and oxygen atoms in total. The molecule has 0 saturated carbocycles. The zero-order valence-electron chi connectivity index (χ0n) is 14.7. The number of amides is 1. The number of hydrogen-bond donors (Lipinski definition) is 0. The summed E-state index contributed by atoms with van der Waals surface area (Å²) in [5, 5.41) is 6.78. The Kier molecular flexibility index (Phi) is 4.03. The molecule has 0 aromatic carbocycles. The smallest absolute Gasteiger partial charge is 0.265 e. The van der Waals surface area contributed by atoms with Gasteiger partial charge >= 0.3 is 0 Å². The molecular weight excluding hydrogens is 334 g/mol. The minimum absolute atomic E-state index is 0.120. The van der Waals surface area contributed by atoms with Gasteiger partial charge in [0, 0.05) is 37.6 Å². The van der Waals surface area contributed by atoms with E-state index in [9.17, 15) is 4.79 Å². The number of piperidine rings is 1. The Hall–Kier alpha value is -2.28. The van der Waals surface area contributed by atoms with Gasteiger partial charge in [0.15, 0.2) is 5.65 Å². The van der Waals surface area contributed by atoms with Gasteiger partial charge in [-0.3, -0.25) is 9.48 Å². The van der Waals surface area contributed by atoms with Crippen molar-refractivity contribution in [1.29, 1.82) is 0 Å². The van der Waals surface area contributed by atoms with Crippen LogP contribution in [0.4, 0.5) is 0 Å². The lowest BCUT2D eigenvalue weighted by Crippen LogP contribution is -2.38. The standard InChI is InChI=1S/C18H21N5OS/c1-11-16(25-12(2)20-11)18(24)23-9-6-13(7-10-23)15-14-5-4-8-19-17(14)22(3)21-15/h4-5,8,13H,6-7,9-10H2,1-3H3. The molecule has 1 amide bonds. The molecule has 0 spiro atoms. The van der Waals surface area contributed by atoms with Gasteiger partial charge in [-0.15, -0.1) is 11.3 Å². The first-order valence-corrected chi connectivity index (χ1v) is 9.37. The lowest BCUT2D eigenvalue weighted by atomic mass is 9.92. The molecule has 1 fully saturated rings.